The number of carbonyl (C=O) groups excluding carboxylic acids is 2. The summed E-state index contributed by atoms with van der Waals surface area (Å²) in [6.07, 6.45) is -0.975. The molecule has 2 amide bonds. The summed E-state index contributed by atoms with van der Waals surface area (Å²) in [5.74, 6) is -0.454. The second kappa shape index (κ2) is 9.23. The fourth-order valence-electron chi connectivity index (χ4n) is 4.69. The first-order valence-corrected chi connectivity index (χ1v) is 13.0. The number of hydrogen-bond acceptors (Lipinski definition) is 5. The highest BCUT2D eigenvalue weighted by Crippen LogP contribution is 2.48. The lowest BCUT2D eigenvalue weighted by molar-refractivity contribution is -0.126. The molecule has 9 heteroatoms. The summed E-state index contributed by atoms with van der Waals surface area (Å²) < 4.78 is 7.05. The highest BCUT2D eigenvalue weighted by molar-refractivity contribution is 14.1. The van der Waals surface area contributed by atoms with Crippen LogP contribution in [-0.4, -0.2) is 17.9 Å². The van der Waals surface area contributed by atoms with Gasteiger partial charge in [0.15, 0.2) is 6.10 Å². The van der Waals surface area contributed by atoms with E-state index in [9.17, 15) is 9.59 Å². The summed E-state index contributed by atoms with van der Waals surface area (Å²) in [5, 5.41) is 2.46. The van der Waals surface area contributed by atoms with Gasteiger partial charge in [-0.3, -0.25) is 14.4 Å². The van der Waals surface area contributed by atoms with E-state index < -0.39 is 24.0 Å². The molecule has 180 valence electrons. The minimum Gasteiger partial charge on any atom is -0.459 e. The Labute approximate surface area is 230 Å². The summed E-state index contributed by atoms with van der Waals surface area (Å²) in [6.45, 7) is 0. The molecule has 2 fully saturated rings. The molecule has 3 heterocycles. The topological polar surface area (TPSA) is 63.0 Å². The number of halogens is 3. The number of imide groups is 1. The third kappa shape index (κ3) is 3.82. The summed E-state index contributed by atoms with van der Waals surface area (Å²) in [5.41, 5.74) is 2.00. The maximum atomic E-state index is 13.8. The van der Waals surface area contributed by atoms with Crippen LogP contribution in [0.15, 0.2) is 89.3 Å². The molecule has 0 spiro atoms. The van der Waals surface area contributed by atoms with Gasteiger partial charge in [0.2, 0.25) is 5.91 Å². The molecule has 4 aromatic rings. The van der Waals surface area contributed by atoms with E-state index in [0.29, 0.717) is 32.9 Å². The average Bonchev–Trinajstić information content (AvgIpc) is 3.57. The quantitative estimate of drug-likeness (QED) is 0.181. The Morgan fingerprint density at radius 3 is 2.31 bits per heavy atom. The monoisotopic (exact) mass is 630 g/mol. The van der Waals surface area contributed by atoms with Crippen LogP contribution in [0.2, 0.25) is 10.0 Å². The van der Waals surface area contributed by atoms with Crippen LogP contribution in [0.4, 0.5) is 11.4 Å². The van der Waals surface area contributed by atoms with Crippen LogP contribution in [0.3, 0.4) is 0 Å². The number of fused-ring (bicyclic) bond motifs is 1. The van der Waals surface area contributed by atoms with Gasteiger partial charge in [0.05, 0.1) is 21.4 Å². The zero-order valence-electron chi connectivity index (χ0n) is 18.5. The lowest BCUT2D eigenvalue weighted by Crippen LogP contribution is -2.37. The fraction of sp³-hybridized carbons (Fsp3) is 0.111. The van der Waals surface area contributed by atoms with E-state index >= 15 is 0 Å². The first-order chi connectivity index (χ1) is 17.4. The molecule has 1 aromatic heterocycles. The number of hydroxylamine groups is 1. The molecule has 3 atom stereocenters. The van der Waals surface area contributed by atoms with E-state index in [1.807, 2.05) is 54.6 Å². The van der Waals surface area contributed by atoms with E-state index in [1.54, 1.807) is 35.4 Å². The van der Waals surface area contributed by atoms with Gasteiger partial charge in [-0.25, -0.2) is 9.96 Å². The maximum Gasteiger partial charge on any atom is 0.266 e. The van der Waals surface area contributed by atoms with E-state index in [4.69, 9.17) is 32.5 Å². The Balaban J connectivity index is 1.43. The van der Waals surface area contributed by atoms with E-state index in [1.165, 1.54) is 4.90 Å². The zero-order chi connectivity index (χ0) is 25.0. The van der Waals surface area contributed by atoms with Gasteiger partial charge in [0.1, 0.15) is 23.5 Å². The van der Waals surface area contributed by atoms with Crippen molar-refractivity contribution >= 4 is 69.0 Å². The van der Waals surface area contributed by atoms with E-state index in [-0.39, 0.29) is 5.91 Å². The summed E-state index contributed by atoms with van der Waals surface area (Å²) >= 11 is 14.4. The normalized spacial score (nSPS) is 21.4. The smallest absolute Gasteiger partial charge is 0.266 e. The molecule has 36 heavy (non-hydrogen) atoms. The number of nitrogens with zero attached hydrogens (tertiary/aromatic N) is 2. The van der Waals surface area contributed by atoms with Crippen molar-refractivity contribution in [3.8, 4) is 11.3 Å². The van der Waals surface area contributed by atoms with Crippen molar-refractivity contribution in [2.45, 2.75) is 12.1 Å². The molecule has 0 N–H and O–H groups in total. The Kier molecular flexibility index (Phi) is 6.03. The molecule has 6 nitrogen and oxygen atoms in total. The minimum absolute atomic E-state index is 0.329. The van der Waals surface area contributed by atoms with Crippen LogP contribution in [0, 0.1) is 9.49 Å². The number of anilines is 2. The second-order valence-electron chi connectivity index (χ2n) is 8.45. The first kappa shape index (κ1) is 23.5. The third-order valence-electron chi connectivity index (χ3n) is 6.34. The van der Waals surface area contributed by atoms with Gasteiger partial charge in [-0.1, -0.05) is 53.5 Å². The van der Waals surface area contributed by atoms with Crippen molar-refractivity contribution in [2.24, 2.45) is 5.92 Å². The molecular formula is C27H17Cl2IN2O4. The fourth-order valence-corrected chi connectivity index (χ4v) is 5.62. The Morgan fingerprint density at radius 2 is 1.56 bits per heavy atom. The van der Waals surface area contributed by atoms with Gasteiger partial charge in [-0.2, -0.15) is 0 Å². The molecule has 0 unspecified atom stereocenters. The number of amides is 2. The van der Waals surface area contributed by atoms with Gasteiger partial charge in [-0.05, 0) is 77.2 Å². The molecule has 2 saturated heterocycles. The van der Waals surface area contributed by atoms with Crippen molar-refractivity contribution in [3.63, 3.8) is 0 Å². The van der Waals surface area contributed by atoms with Gasteiger partial charge >= 0.3 is 0 Å². The van der Waals surface area contributed by atoms with Crippen molar-refractivity contribution in [1.29, 1.82) is 0 Å². The number of hydrogen-bond donors (Lipinski definition) is 0. The van der Waals surface area contributed by atoms with E-state index in [0.717, 1.165) is 9.13 Å². The van der Waals surface area contributed by atoms with Crippen LogP contribution in [0.5, 0.6) is 0 Å². The molecule has 3 aromatic carbocycles. The van der Waals surface area contributed by atoms with Crippen molar-refractivity contribution < 1.29 is 18.8 Å². The molecule has 0 bridgehead atoms. The standard InChI is InChI=1S/C27H17Cl2IN2O4/c28-17-11-10-15(14-18(17)29)21-12-13-22(35-21)24-23-25(36-32(24)16-6-2-1-3-7-16)27(34)31(26(23)33)20-9-5-4-8-19(20)30/h1-14,23-25H/t23-,24+,25+/m0/s1. The average molecular weight is 631 g/mol. The molecule has 6 rings (SSSR count). The first-order valence-electron chi connectivity index (χ1n) is 11.1. The van der Waals surface area contributed by atoms with Crippen LogP contribution >= 0.6 is 45.8 Å². The predicted octanol–water partition coefficient (Wildman–Crippen LogP) is 6.91. The number of para-hydroxylation sites is 2. The predicted molar refractivity (Wildman–Crippen MR) is 146 cm³/mol. The molecule has 0 radical (unpaired) electrons. The highest BCUT2D eigenvalue weighted by Gasteiger charge is 2.61. The SMILES string of the molecule is O=C1[C@H]2[C@@H](c3ccc(-c4ccc(Cl)c(Cl)c4)o3)N(c3ccccc3)O[C@H]2C(=O)N1c1ccccc1I. The van der Waals surface area contributed by atoms with Crippen molar-refractivity contribution in [3.05, 3.63) is 104 Å². The largest absolute Gasteiger partial charge is 0.459 e. The second-order valence-corrected chi connectivity index (χ2v) is 10.4. The number of benzene rings is 3. The number of carbonyl (C=O) groups is 2. The molecule has 2 aliphatic rings. The van der Waals surface area contributed by atoms with Gasteiger partial charge in [0.25, 0.3) is 5.91 Å². The van der Waals surface area contributed by atoms with Crippen molar-refractivity contribution in [2.75, 3.05) is 9.96 Å². The zero-order valence-corrected chi connectivity index (χ0v) is 22.1. The Bertz CT molecular complexity index is 1490. The highest BCUT2D eigenvalue weighted by atomic mass is 127. The molecule has 2 aliphatic heterocycles. The molecule has 0 aliphatic carbocycles. The number of furan rings is 1. The lowest BCUT2D eigenvalue weighted by Gasteiger charge is -2.27. The maximum absolute atomic E-state index is 13.8. The third-order valence-corrected chi connectivity index (χ3v) is 7.99. The van der Waals surface area contributed by atoms with Crippen molar-refractivity contribution in [1.82, 2.24) is 0 Å². The number of rotatable bonds is 4. The van der Waals surface area contributed by atoms with E-state index in [2.05, 4.69) is 22.6 Å². The Morgan fingerprint density at radius 1 is 0.806 bits per heavy atom. The van der Waals surface area contributed by atoms with Crippen LogP contribution < -0.4 is 9.96 Å². The Hall–Kier alpha value is -2.85. The van der Waals surface area contributed by atoms with Gasteiger partial charge in [0, 0.05) is 9.13 Å². The summed E-state index contributed by atoms with van der Waals surface area (Å²) in [6, 6.07) is 24.8. The lowest BCUT2D eigenvalue weighted by atomic mass is 9.94. The molecular weight excluding hydrogens is 614 g/mol. The van der Waals surface area contributed by atoms with Crippen LogP contribution in [0.1, 0.15) is 11.8 Å². The van der Waals surface area contributed by atoms with Gasteiger partial charge < -0.3 is 4.42 Å². The molecule has 0 saturated carbocycles. The van der Waals surface area contributed by atoms with Gasteiger partial charge in [-0.15, -0.1) is 0 Å². The summed E-state index contributed by atoms with van der Waals surface area (Å²) in [4.78, 5) is 34.7. The summed E-state index contributed by atoms with van der Waals surface area (Å²) in [7, 11) is 0. The van der Waals surface area contributed by atoms with Crippen LogP contribution in [-0.2, 0) is 14.4 Å². The minimum atomic E-state index is -0.975. The van der Waals surface area contributed by atoms with Crippen LogP contribution in [0.25, 0.3) is 11.3 Å².